The Labute approximate surface area is 244 Å². The molecule has 4 bridgehead atoms. The average Bonchev–Trinajstić information content (AvgIpc) is 3.31. The van der Waals surface area contributed by atoms with Gasteiger partial charge >= 0.3 is 0 Å². The van der Waals surface area contributed by atoms with E-state index < -0.39 is 41.5 Å². The lowest BCUT2D eigenvalue weighted by Gasteiger charge is -2.62. The molecule has 0 radical (unpaired) electrons. The fourth-order valence-corrected chi connectivity index (χ4v) is 11.0. The van der Waals surface area contributed by atoms with E-state index in [1.54, 1.807) is 0 Å². The first kappa shape index (κ1) is 28.1. The Morgan fingerprint density at radius 1 is 0.634 bits per heavy atom. The highest BCUT2D eigenvalue weighted by atomic mass is 17.3. The summed E-state index contributed by atoms with van der Waals surface area (Å²) in [5.74, 6) is 0.712. The second-order valence-electron chi connectivity index (χ2n) is 15.6. The molecular formula is C32H50O9. The number of aliphatic hydroxyl groups is 1. The molecule has 8 aliphatic heterocycles. The summed E-state index contributed by atoms with van der Waals surface area (Å²) >= 11 is 0. The van der Waals surface area contributed by atoms with E-state index in [0.29, 0.717) is 30.1 Å². The highest BCUT2D eigenvalue weighted by molar-refractivity contribution is 5.12. The van der Waals surface area contributed by atoms with E-state index in [9.17, 15) is 5.11 Å². The van der Waals surface area contributed by atoms with Crippen molar-refractivity contribution in [3.8, 4) is 0 Å². The lowest BCUT2D eigenvalue weighted by molar-refractivity contribution is -0.573. The van der Waals surface area contributed by atoms with Gasteiger partial charge in [0.15, 0.2) is 23.8 Å². The predicted octanol–water partition coefficient (Wildman–Crippen LogP) is 5.24. The summed E-state index contributed by atoms with van der Waals surface area (Å²) in [6.45, 7) is 13.0. The van der Waals surface area contributed by atoms with Crippen molar-refractivity contribution >= 4 is 0 Å². The van der Waals surface area contributed by atoms with Crippen LogP contribution in [0.2, 0.25) is 0 Å². The molecule has 2 spiro atoms. The molecule has 8 saturated heterocycles. The largest absolute Gasteiger partial charge is 0.390 e. The lowest BCUT2D eigenvalue weighted by atomic mass is 9.56. The normalized spacial score (nSPS) is 61.8. The first-order valence-corrected chi connectivity index (χ1v) is 16.6. The van der Waals surface area contributed by atoms with Crippen LogP contribution in [-0.2, 0) is 38.5 Å². The number of fused-ring (bicyclic) bond motifs is 4. The number of ether oxygens (including phenoxy) is 4. The molecule has 2 saturated carbocycles. The van der Waals surface area contributed by atoms with E-state index in [4.69, 9.17) is 38.5 Å². The second kappa shape index (κ2) is 9.33. The van der Waals surface area contributed by atoms with Crippen LogP contribution in [-0.4, -0.2) is 58.8 Å². The zero-order valence-electron chi connectivity index (χ0n) is 25.6. The van der Waals surface area contributed by atoms with Gasteiger partial charge in [-0.3, -0.25) is 0 Å². The molecule has 0 aromatic heterocycles. The Kier molecular flexibility index (Phi) is 6.40. The molecule has 17 atom stereocenters. The molecule has 9 heteroatoms. The van der Waals surface area contributed by atoms with Gasteiger partial charge in [-0.2, -0.15) is 0 Å². The summed E-state index contributed by atoms with van der Waals surface area (Å²) in [5.41, 5.74) is -1.22. The van der Waals surface area contributed by atoms with Crippen LogP contribution in [0.4, 0.5) is 0 Å². The van der Waals surface area contributed by atoms with E-state index in [1.807, 2.05) is 13.8 Å². The van der Waals surface area contributed by atoms with Crippen molar-refractivity contribution in [1.29, 1.82) is 0 Å². The maximum absolute atomic E-state index is 11.9. The minimum absolute atomic E-state index is 0.0804. The lowest BCUT2D eigenvalue weighted by Crippen LogP contribution is -2.72. The third-order valence-electron chi connectivity index (χ3n) is 13.4. The van der Waals surface area contributed by atoms with E-state index in [2.05, 4.69) is 27.7 Å². The maximum atomic E-state index is 11.9. The van der Waals surface area contributed by atoms with Gasteiger partial charge in [0.2, 0.25) is 11.6 Å². The van der Waals surface area contributed by atoms with Crippen LogP contribution in [0.15, 0.2) is 0 Å². The van der Waals surface area contributed by atoms with Crippen molar-refractivity contribution in [2.75, 3.05) is 0 Å². The maximum Gasteiger partial charge on any atom is 0.201 e. The van der Waals surface area contributed by atoms with Crippen LogP contribution in [0.5, 0.6) is 0 Å². The second-order valence-corrected chi connectivity index (χ2v) is 15.6. The van der Waals surface area contributed by atoms with Gasteiger partial charge in [-0.05, 0) is 87.9 Å². The first-order valence-electron chi connectivity index (χ1n) is 16.6. The highest BCUT2D eigenvalue weighted by Gasteiger charge is 2.71. The van der Waals surface area contributed by atoms with Crippen LogP contribution in [0.3, 0.4) is 0 Å². The number of hydrogen-bond acceptors (Lipinski definition) is 9. The van der Waals surface area contributed by atoms with Gasteiger partial charge in [0.1, 0.15) is 0 Å². The molecule has 41 heavy (non-hydrogen) atoms. The molecule has 232 valence electrons. The summed E-state index contributed by atoms with van der Waals surface area (Å²) < 4.78 is 26.7. The Hall–Kier alpha value is -0.360. The summed E-state index contributed by atoms with van der Waals surface area (Å²) in [4.78, 5) is 24.6. The SMILES string of the molecule is C[C@H]1[C@@H]([C@@H](O)C[C@H]2O[C@@H]3O[C@@]4(C)CC[C@H]5[C@H](C)CC[C@@H]([C@H]2C)[C@@]35OO4)O[C@@H]2O[C@@]3(C)CC[C@H]4[C@H](C)CC[C@@H]1[C@@]24OO3. The predicted molar refractivity (Wildman–Crippen MR) is 144 cm³/mol. The first-order chi connectivity index (χ1) is 19.5. The zero-order valence-corrected chi connectivity index (χ0v) is 25.6. The van der Waals surface area contributed by atoms with Gasteiger partial charge in [0, 0.05) is 31.1 Å². The fourth-order valence-electron chi connectivity index (χ4n) is 11.0. The molecule has 9 nitrogen and oxygen atoms in total. The van der Waals surface area contributed by atoms with Crippen molar-refractivity contribution in [3.63, 3.8) is 0 Å². The monoisotopic (exact) mass is 578 g/mol. The van der Waals surface area contributed by atoms with Crippen LogP contribution >= 0.6 is 0 Å². The Bertz CT molecular complexity index is 1040. The number of hydrogen-bond donors (Lipinski definition) is 1. The van der Waals surface area contributed by atoms with Gasteiger partial charge in [-0.1, -0.05) is 27.7 Å². The Morgan fingerprint density at radius 2 is 1.15 bits per heavy atom. The zero-order chi connectivity index (χ0) is 28.5. The van der Waals surface area contributed by atoms with Crippen LogP contribution in [0.25, 0.3) is 0 Å². The third-order valence-corrected chi connectivity index (χ3v) is 13.4. The molecule has 10 fully saturated rings. The molecule has 10 aliphatic rings. The molecular weight excluding hydrogens is 528 g/mol. The van der Waals surface area contributed by atoms with Crippen LogP contribution in [0, 0.1) is 47.3 Å². The fraction of sp³-hybridized carbons (Fsp3) is 1.00. The molecule has 0 aromatic rings. The molecule has 1 N–H and O–H groups in total. The number of aliphatic hydroxyl groups excluding tert-OH is 1. The van der Waals surface area contributed by atoms with Gasteiger partial charge < -0.3 is 24.1 Å². The standard InChI is InChI=1S/C32H50O9/c1-16-7-9-22-18(3)25(34-27-31(22)20(16)11-13-29(5,36-27)38-40-31)15-24(33)26-19(4)23-10-8-17(2)21-12-14-30(6)37-28(35-26)32(21,23)41-39-30/h16-28,33H,7-15H2,1-6H3/t16-,17-,18-,19-,20+,21+,22+,23+,24+,25-,26+,27-,28-,29-,30-,31-,32-/m1/s1. The minimum Gasteiger partial charge on any atom is -0.390 e. The summed E-state index contributed by atoms with van der Waals surface area (Å²) in [6.07, 6.45) is 6.07. The third kappa shape index (κ3) is 3.80. The highest BCUT2D eigenvalue weighted by Crippen LogP contribution is 2.63. The van der Waals surface area contributed by atoms with Crippen molar-refractivity contribution in [2.45, 2.75) is 153 Å². The summed E-state index contributed by atoms with van der Waals surface area (Å²) in [6, 6.07) is 0. The molecule has 2 aliphatic carbocycles. The Balaban J connectivity index is 1.06. The molecule has 0 amide bonds. The summed E-state index contributed by atoms with van der Waals surface area (Å²) in [5, 5.41) is 11.9. The van der Waals surface area contributed by atoms with Crippen molar-refractivity contribution in [3.05, 3.63) is 0 Å². The van der Waals surface area contributed by atoms with Crippen molar-refractivity contribution in [2.24, 2.45) is 47.3 Å². The molecule has 0 aromatic carbocycles. The number of rotatable bonds is 3. The quantitative estimate of drug-likeness (QED) is 0.451. The van der Waals surface area contributed by atoms with E-state index in [0.717, 1.165) is 51.4 Å². The van der Waals surface area contributed by atoms with Crippen LogP contribution in [0.1, 0.15) is 99.3 Å². The van der Waals surface area contributed by atoms with Crippen molar-refractivity contribution < 1.29 is 43.6 Å². The van der Waals surface area contributed by atoms with Crippen LogP contribution < -0.4 is 0 Å². The summed E-state index contributed by atoms with van der Waals surface area (Å²) in [7, 11) is 0. The van der Waals surface area contributed by atoms with Gasteiger partial charge in [0.05, 0.1) is 18.3 Å². The smallest absolute Gasteiger partial charge is 0.201 e. The van der Waals surface area contributed by atoms with E-state index in [-0.39, 0.29) is 35.9 Å². The minimum atomic E-state index is -0.827. The topological polar surface area (TPSA) is 94.1 Å². The van der Waals surface area contributed by atoms with Gasteiger partial charge in [-0.25, -0.2) is 19.6 Å². The molecule has 0 unspecified atom stereocenters. The van der Waals surface area contributed by atoms with E-state index >= 15 is 0 Å². The molecule has 8 heterocycles. The average molecular weight is 579 g/mol. The van der Waals surface area contributed by atoms with Gasteiger partial charge in [0.25, 0.3) is 0 Å². The van der Waals surface area contributed by atoms with Crippen molar-refractivity contribution in [1.82, 2.24) is 0 Å². The van der Waals surface area contributed by atoms with Gasteiger partial charge in [-0.15, -0.1) is 0 Å². The van der Waals surface area contributed by atoms with E-state index in [1.165, 1.54) is 0 Å². The Morgan fingerprint density at radius 3 is 1.71 bits per heavy atom. The molecule has 10 rings (SSSR count).